The first kappa shape index (κ1) is 25.7. The van der Waals surface area contributed by atoms with Crippen LogP contribution in [0.1, 0.15) is 47.1 Å². The lowest BCUT2D eigenvalue weighted by molar-refractivity contribution is 0.155. The molecule has 2 N–H and O–H groups in total. The average Bonchev–Trinajstić information content (AvgIpc) is 2.83. The second-order valence-corrected chi connectivity index (χ2v) is 11.7. The molecule has 0 unspecified atom stereocenters. The monoisotopic (exact) mass is 489 g/mol. The van der Waals surface area contributed by atoms with Gasteiger partial charge in [0.05, 0.1) is 35.3 Å². The summed E-state index contributed by atoms with van der Waals surface area (Å²) in [5, 5.41) is 6.78. The number of aromatic nitrogens is 1. The highest BCUT2D eigenvalue weighted by Crippen LogP contribution is 2.34. The van der Waals surface area contributed by atoms with Crippen LogP contribution in [0, 0.1) is 5.41 Å². The van der Waals surface area contributed by atoms with Crippen molar-refractivity contribution in [2.24, 2.45) is 5.41 Å². The van der Waals surface area contributed by atoms with Gasteiger partial charge in [0, 0.05) is 11.6 Å². The van der Waals surface area contributed by atoms with Crippen molar-refractivity contribution in [2.75, 3.05) is 30.5 Å². The number of nitrogens with zero attached hydrogens (tertiary/aromatic N) is 1. The standard InChI is InChI=1S/C11H14O.C10H13NO.C9H12N2O/c1-11(2)7-9-5-3-4-6-10(9)12-8-11;1-10(2)7-12-9-6-4-3-5-8(9)11-10;1-9(2)6-12-8-5-10-4-3-7(8)11-9/h3-6H,7-8H2,1-2H3;3-6,11H,7H2,1-2H3;3-5,11H,6H2,1-2H3. The van der Waals surface area contributed by atoms with Crippen LogP contribution in [0.2, 0.25) is 0 Å². The number of anilines is 2. The van der Waals surface area contributed by atoms with Crippen LogP contribution in [0.15, 0.2) is 67.0 Å². The lowest BCUT2D eigenvalue weighted by atomic mass is 9.84. The van der Waals surface area contributed by atoms with Gasteiger partial charge >= 0.3 is 0 Å². The minimum atomic E-state index is 0.0222. The minimum Gasteiger partial charge on any atom is -0.493 e. The van der Waals surface area contributed by atoms with Gasteiger partial charge in [-0.15, -0.1) is 0 Å². The van der Waals surface area contributed by atoms with E-state index in [4.69, 9.17) is 14.2 Å². The molecule has 192 valence electrons. The zero-order chi connectivity index (χ0) is 25.8. The maximum absolute atomic E-state index is 5.64. The number of ether oxygens (including phenoxy) is 3. The van der Waals surface area contributed by atoms with Gasteiger partial charge in [0.1, 0.15) is 24.7 Å². The van der Waals surface area contributed by atoms with Crippen LogP contribution in [0.5, 0.6) is 17.2 Å². The largest absolute Gasteiger partial charge is 0.493 e. The molecule has 0 atom stereocenters. The molecule has 6 rings (SSSR count). The fraction of sp³-hybridized carbons (Fsp3) is 0.433. The number of hydrogen-bond donors (Lipinski definition) is 2. The number of pyridine rings is 1. The molecule has 4 heterocycles. The number of fused-ring (bicyclic) bond motifs is 3. The molecule has 0 amide bonds. The van der Waals surface area contributed by atoms with Gasteiger partial charge in [-0.2, -0.15) is 0 Å². The Hall–Kier alpha value is -3.41. The zero-order valence-electron chi connectivity index (χ0n) is 22.4. The fourth-order valence-electron chi connectivity index (χ4n) is 4.24. The van der Waals surface area contributed by atoms with Gasteiger partial charge in [-0.25, -0.2) is 0 Å². The third-order valence-corrected chi connectivity index (χ3v) is 6.05. The first-order valence-electron chi connectivity index (χ1n) is 12.6. The van der Waals surface area contributed by atoms with Crippen LogP contribution in [0.4, 0.5) is 11.4 Å². The van der Waals surface area contributed by atoms with Gasteiger partial charge in [-0.1, -0.05) is 44.2 Å². The van der Waals surface area contributed by atoms with E-state index in [1.54, 1.807) is 12.4 Å². The maximum atomic E-state index is 5.64. The molecule has 0 saturated heterocycles. The number of nitrogens with one attached hydrogen (secondary N) is 2. The summed E-state index contributed by atoms with van der Waals surface area (Å²) in [6.07, 6.45) is 4.62. The SMILES string of the molecule is CC1(C)COc2ccccc2C1.CC1(C)COc2ccccc2N1.CC1(C)COc2cnccc2N1. The molecule has 3 aromatic rings. The van der Waals surface area contributed by atoms with E-state index >= 15 is 0 Å². The van der Waals surface area contributed by atoms with Gasteiger partial charge in [-0.3, -0.25) is 4.98 Å². The van der Waals surface area contributed by atoms with Crippen molar-refractivity contribution in [3.8, 4) is 17.2 Å². The molecule has 0 saturated carbocycles. The van der Waals surface area contributed by atoms with Gasteiger partial charge in [0.25, 0.3) is 0 Å². The molecule has 0 fully saturated rings. The second kappa shape index (κ2) is 10.3. The van der Waals surface area contributed by atoms with Crippen molar-refractivity contribution in [2.45, 2.75) is 59.0 Å². The fourth-order valence-corrected chi connectivity index (χ4v) is 4.24. The van der Waals surface area contributed by atoms with E-state index in [9.17, 15) is 0 Å². The summed E-state index contributed by atoms with van der Waals surface area (Å²) in [5.74, 6) is 2.87. The molecular weight excluding hydrogens is 450 g/mol. The summed E-state index contributed by atoms with van der Waals surface area (Å²) >= 11 is 0. The quantitative estimate of drug-likeness (QED) is 0.372. The van der Waals surface area contributed by atoms with Gasteiger partial charge in [0.15, 0.2) is 5.75 Å². The van der Waals surface area contributed by atoms with E-state index in [1.165, 1.54) is 5.56 Å². The minimum absolute atomic E-state index is 0.0222. The van der Waals surface area contributed by atoms with Crippen LogP contribution in [-0.2, 0) is 6.42 Å². The van der Waals surface area contributed by atoms with Gasteiger partial charge in [-0.05, 0) is 63.9 Å². The Morgan fingerprint density at radius 2 is 1.19 bits per heavy atom. The first-order valence-corrected chi connectivity index (χ1v) is 12.6. The number of rotatable bonds is 0. The molecular formula is C30H39N3O3. The highest BCUT2D eigenvalue weighted by Gasteiger charge is 2.27. The Kier molecular flexibility index (Phi) is 7.34. The highest BCUT2D eigenvalue weighted by molar-refractivity contribution is 5.59. The summed E-state index contributed by atoms with van der Waals surface area (Å²) in [6, 6.07) is 18.2. The van der Waals surface area contributed by atoms with Crippen LogP contribution < -0.4 is 24.8 Å². The first-order chi connectivity index (χ1) is 17.0. The van der Waals surface area contributed by atoms with Crippen molar-refractivity contribution in [1.29, 1.82) is 0 Å². The molecule has 0 bridgehead atoms. The Labute approximate surface area is 215 Å². The smallest absolute Gasteiger partial charge is 0.160 e. The zero-order valence-corrected chi connectivity index (χ0v) is 22.4. The summed E-state index contributed by atoms with van der Waals surface area (Å²) in [5.41, 5.74) is 3.83. The summed E-state index contributed by atoms with van der Waals surface area (Å²) in [6.45, 7) is 15.2. The molecule has 3 aliphatic rings. The number of benzene rings is 2. The number of para-hydroxylation sites is 3. The summed E-state index contributed by atoms with van der Waals surface area (Å²) in [4.78, 5) is 3.98. The molecule has 6 heteroatoms. The van der Waals surface area contributed by atoms with Crippen molar-refractivity contribution in [1.82, 2.24) is 4.98 Å². The van der Waals surface area contributed by atoms with Crippen molar-refractivity contribution in [3.63, 3.8) is 0 Å². The van der Waals surface area contributed by atoms with E-state index < -0.39 is 0 Å². The van der Waals surface area contributed by atoms with E-state index in [-0.39, 0.29) is 11.1 Å². The van der Waals surface area contributed by atoms with Crippen LogP contribution in [-0.4, -0.2) is 35.9 Å². The summed E-state index contributed by atoms with van der Waals surface area (Å²) < 4.78 is 16.7. The van der Waals surface area contributed by atoms with E-state index in [0.29, 0.717) is 12.0 Å². The molecule has 0 spiro atoms. The molecule has 3 aliphatic heterocycles. The molecule has 2 aromatic carbocycles. The maximum Gasteiger partial charge on any atom is 0.160 e. The molecule has 0 aliphatic carbocycles. The highest BCUT2D eigenvalue weighted by atomic mass is 16.5. The van der Waals surface area contributed by atoms with E-state index in [2.05, 4.69) is 69.3 Å². The molecule has 1 aromatic heterocycles. The molecule has 36 heavy (non-hydrogen) atoms. The topological polar surface area (TPSA) is 64.6 Å². The third-order valence-electron chi connectivity index (χ3n) is 6.05. The number of hydrogen-bond acceptors (Lipinski definition) is 6. The van der Waals surface area contributed by atoms with Crippen LogP contribution in [0.25, 0.3) is 0 Å². The lowest BCUT2D eigenvalue weighted by Gasteiger charge is -2.33. The molecule has 6 nitrogen and oxygen atoms in total. The summed E-state index contributed by atoms with van der Waals surface area (Å²) in [7, 11) is 0. The van der Waals surface area contributed by atoms with Crippen molar-refractivity contribution in [3.05, 3.63) is 72.6 Å². The van der Waals surface area contributed by atoms with Crippen LogP contribution in [0.3, 0.4) is 0 Å². The van der Waals surface area contributed by atoms with E-state index in [1.807, 2.05) is 42.5 Å². The average molecular weight is 490 g/mol. The Morgan fingerprint density at radius 3 is 1.92 bits per heavy atom. The van der Waals surface area contributed by atoms with Gasteiger partial charge in [0.2, 0.25) is 0 Å². The lowest BCUT2D eigenvalue weighted by Crippen LogP contribution is -2.40. The van der Waals surface area contributed by atoms with Crippen molar-refractivity contribution >= 4 is 11.4 Å². The van der Waals surface area contributed by atoms with Crippen LogP contribution >= 0.6 is 0 Å². The Morgan fingerprint density at radius 1 is 0.639 bits per heavy atom. The van der Waals surface area contributed by atoms with Crippen molar-refractivity contribution < 1.29 is 14.2 Å². The molecule has 0 radical (unpaired) electrons. The Balaban J connectivity index is 0.000000127. The second-order valence-electron chi connectivity index (χ2n) is 11.7. The van der Waals surface area contributed by atoms with E-state index in [0.717, 1.165) is 48.3 Å². The van der Waals surface area contributed by atoms with Gasteiger partial charge < -0.3 is 24.8 Å². The third kappa shape index (κ3) is 6.84. The Bertz CT molecular complexity index is 1030. The predicted molar refractivity (Wildman–Crippen MR) is 146 cm³/mol. The normalized spacial score (nSPS) is 19.1. The predicted octanol–water partition coefficient (Wildman–Crippen LogP) is 6.58.